The smallest absolute Gasteiger partial charge is 0.287 e. The molecule has 1 aliphatic heterocycles. The maximum Gasteiger partial charge on any atom is 0.287 e. The maximum absolute atomic E-state index is 12.2. The number of imide groups is 1. The molecule has 4 amide bonds. The van der Waals surface area contributed by atoms with E-state index in [1.54, 1.807) is 30.3 Å². The summed E-state index contributed by atoms with van der Waals surface area (Å²) in [7, 11) is 0. The number of furan rings is 1. The highest BCUT2D eigenvalue weighted by molar-refractivity contribution is 9.10. The van der Waals surface area contributed by atoms with Crippen molar-refractivity contribution in [3.63, 3.8) is 0 Å². The minimum absolute atomic E-state index is 0.147. The van der Waals surface area contributed by atoms with Gasteiger partial charge in [0.25, 0.3) is 17.7 Å². The second-order valence-corrected chi connectivity index (χ2v) is 6.23. The number of fused-ring (bicyclic) bond motifs is 1. The molecule has 0 radical (unpaired) electrons. The van der Waals surface area contributed by atoms with E-state index in [9.17, 15) is 19.2 Å². The standard InChI is InChI=1S/C17H14BrN3O5/c18-13-6-5-12(26-13)15(23)20-8-7-19-14(22)9-21-16(24)10-3-1-2-4-11(10)17(21)25/h1-6H,7-9H2,(H,19,22)(H,20,23). The quantitative estimate of drug-likeness (QED) is 0.539. The van der Waals surface area contributed by atoms with Crippen molar-refractivity contribution in [2.75, 3.05) is 19.6 Å². The molecule has 0 saturated heterocycles. The summed E-state index contributed by atoms with van der Waals surface area (Å²) < 4.78 is 5.54. The Morgan fingerprint density at radius 1 is 0.962 bits per heavy atom. The topological polar surface area (TPSA) is 109 Å². The highest BCUT2D eigenvalue weighted by Crippen LogP contribution is 2.21. The molecule has 134 valence electrons. The number of benzene rings is 1. The van der Waals surface area contributed by atoms with Crippen molar-refractivity contribution < 1.29 is 23.6 Å². The maximum atomic E-state index is 12.2. The van der Waals surface area contributed by atoms with Crippen LogP contribution >= 0.6 is 15.9 Å². The summed E-state index contributed by atoms with van der Waals surface area (Å²) in [5.74, 6) is -1.73. The van der Waals surface area contributed by atoms with Crippen molar-refractivity contribution in [3.05, 3.63) is 58.0 Å². The van der Waals surface area contributed by atoms with Crippen molar-refractivity contribution in [2.24, 2.45) is 0 Å². The molecular formula is C17H14BrN3O5. The van der Waals surface area contributed by atoms with Gasteiger partial charge in [0.2, 0.25) is 5.91 Å². The molecule has 1 aromatic heterocycles. The van der Waals surface area contributed by atoms with Gasteiger partial charge in [-0.15, -0.1) is 0 Å². The molecule has 2 aromatic rings. The normalized spacial score (nSPS) is 12.9. The van der Waals surface area contributed by atoms with Crippen molar-refractivity contribution >= 4 is 39.6 Å². The van der Waals surface area contributed by atoms with Crippen LogP contribution < -0.4 is 10.6 Å². The Labute approximate surface area is 156 Å². The van der Waals surface area contributed by atoms with Gasteiger partial charge in [0.1, 0.15) is 6.54 Å². The number of carbonyl (C=O) groups is 4. The molecule has 0 saturated carbocycles. The lowest BCUT2D eigenvalue weighted by atomic mass is 10.1. The summed E-state index contributed by atoms with van der Waals surface area (Å²) in [5.41, 5.74) is 0.587. The third kappa shape index (κ3) is 3.67. The first kappa shape index (κ1) is 17.9. The fourth-order valence-electron chi connectivity index (χ4n) is 2.48. The minimum atomic E-state index is -0.491. The summed E-state index contributed by atoms with van der Waals surface area (Å²) in [6.07, 6.45) is 0. The van der Waals surface area contributed by atoms with Gasteiger partial charge in [0, 0.05) is 13.1 Å². The largest absolute Gasteiger partial charge is 0.444 e. The molecule has 1 aliphatic rings. The second kappa shape index (κ2) is 7.52. The molecule has 9 heteroatoms. The molecule has 0 bridgehead atoms. The van der Waals surface area contributed by atoms with Gasteiger partial charge in [0.05, 0.1) is 11.1 Å². The number of rotatable bonds is 6. The summed E-state index contributed by atoms with van der Waals surface area (Å²) in [6, 6.07) is 9.53. The number of nitrogens with zero attached hydrogens (tertiary/aromatic N) is 1. The van der Waals surface area contributed by atoms with Crippen LogP contribution in [0.4, 0.5) is 0 Å². The van der Waals surface area contributed by atoms with Gasteiger partial charge in [-0.1, -0.05) is 12.1 Å². The van der Waals surface area contributed by atoms with Gasteiger partial charge >= 0.3 is 0 Å². The van der Waals surface area contributed by atoms with E-state index in [0.29, 0.717) is 15.8 Å². The monoisotopic (exact) mass is 419 g/mol. The molecule has 2 heterocycles. The first-order chi connectivity index (χ1) is 12.5. The van der Waals surface area contributed by atoms with E-state index in [1.807, 2.05) is 0 Å². The van der Waals surface area contributed by atoms with E-state index in [4.69, 9.17) is 4.42 Å². The SMILES string of the molecule is O=C(CN1C(=O)c2ccccc2C1=O)NCCNC(=O)c1ccc(Br)o1. The fourth-order valence-corrected chi connectivity index (χ4v) is 2.79. The highest BCUT2D eigenvalue weighted by Gasteiger charge is 2.36. The van der Waals surface area contributed by atoms with Crippen LogP contribution in [-0.4, -0.2) is 48.2 Å². The zero-order valence-corrected chi connectivity index (χ0v) is 15.0. The van der Waals surface area contributed by atoms with Gasteiger partial charge in [-0.25, -0.2) is 0 Å². The fraction of sp³-hybridized carbons (Fsp3) is 0.176. The Bertz CT molecular complexity index is 857. The molecular weight excluding hydrogens is 406 g/mol. The van der Waals surface area contributed by atoms with Crippen LogP contribution in [0.1, 0.15) is 31.3 Å². The van der Waals surface area contributed by atoms with Gasteiger partial charge < -0.3 is 15.1 Å². The van der Waals surface area contributed by atoms with Crippen LogP contribution in [0.25, 0.3) is 0 Å². The van der Waals surface area contributed by atoms with Gasteiger partial charge in [-0.05, 0) is 40.2 Å². The molecule has 0 unspecified atom stereocenters. The van der Waals surface area contributed by atoms with Crippen LogP contribution in [0.2, 0.25) is 0 Å². The van der Waals surface area contributed by atoms with E-state index in [1.165, 1.54) is 6.07 Å². The zero-order chi connectivity index (χ0) is 18.7. The molecule has 8 nitrogen and oxygen atoms in total. The number of halogens is 1. The predicted molar refractivity (Wildman–Crippen MR) is 93.6 cm³/mol. The molecule has 0 fully saturated rings. The van der Waals surface area contributed by atoms with Crippen LogP contribution in [0.15, 0.2) is 45.5 Å². The van der Waals surface area contributed by atoms with Gasteiger partial charge in [-0.3, -0.25) is 24.1 Å². The summed E-state index contributed by atoms with van der Waals surface area (Å²) in [4.78, 5) is 49.0. The van der Waals surface area contributed by atoms with E-state index >= 15 is 0 Å². The number of amides is 4. The Kier molecular flexibility index (Phi) is 5.17. The molecule has 0 atom stereocenters. The average molecular weight is 420 g/mol. The number of nitrogens with one attached hydrogen (secondary N) is 2. The van der Waals surface area contributed by atoms with Crippen LogP contribution in [0, 0.1) is 0 Å². The lowest BCUT2D eigenvalue weighted by molar-refractivity contribution is -0.121. The zero-order valence-electron chi connectivity index (χ0n) is 13.5. The number of hydrogen-bond acceptors (Lipinski definition) is 5. The predicted octanol–water partition coefficient (Wildman–Crippen LogP) is 1.18. The lowest BCUT2D eigenvalue weighted by Crippen LogP contribution is -2.42. The van der Waals surface area contributed by atoms with Gasteiger partial charge in [0.15, 0.2) is 10.4 Å². The van der Waals surface area contributed by atoms with Gasteiger partial charge in [-0.2, -0.15) is 0 Å². The Morgan fingerprint density at radius 2 is 1.58 bits per heavy atom. The minimum Gasteiger partial charge on any atom is -0.444 e. The first-order valence-corrected chi connectivity index (χ1v) is 8.52. The summed E-state index contributed by atoms with van der Waals surface area (Å²) in [5, 5.41) is 5.13. The molecule has 0 aliphatic carbocycles. The third-order valence-electron chi connectivity index (χ3n) is 3.71. The Hall–Kier alpha value is -2.94. The summed E-state index contributed by atoms with van der Waals surface area (Å²) in [6.45, 7) is -0.0495. The molecule has 2 N–H and O–H groups in total. The first-order valence-electron chi connectivity index (χ1n) is 7.73. The van der Waals surface area contributed by atoms with E-state index in [-0.39, 0.29) is 25.4 Å². The molecule has 1 aromatic carbocycles. The van der Waals surface area contributed by atoms with E-state index < -0.39 is 23.6 Å². The number of hydrogen-bond donors (Lipinski definition) is 2. The highest BCUT2D eigenvalue weighted by atomic mass is 79.9. The van der Waals surface area contributed by atoms with E-state index in [2.05, 4.69) is 26.6 Å². The molecule has 0 spiro atoms. The van der Waals surface area contributed by atoms with Crippen molar-refractivity contribution in [3.8, 4) is 0 Å². The van der Waals surface area contributed by atoms with Crippen LogP contribution in [0.3, 0.4) is 0 Å². The van der Waals surface area contributed by atoms with Crippen molar-refractivity contribution in [2.45, 2.75) is 0 Å². The lowest BCUT2D eigenvalue weighted by Gasteiger charge is -2.13. The van der Waals surface area contributed by atoms with E-state index in [0.717, 1.165) is 4.90 Å². The third-order valence-corrected chi connectivity index (χ3v) is 4.14. The average Bonchev–Trinajstić information content (AvgIpc) is 3.17. The van der Waals surface area contributed by atoms with Crippen LogP contribution in [-0.2, 0) is 4.79 Å². The molecule has 3 rings (SSSR count). The van der Waals surface area contributed by atoms with Crippen molar-refractivity contribution in [1.82, 2.24) is 15.5 Å². The summed E-state index contributed by atoms with van der Waals surface area (Å²) >= 11 is 3.10. The Morgan fingerprint density at radius 3 is 2.15 bits per heavy atom. The second-order valence-electron chi connectivity index (χ2n) is 5.45. The van der Waals surface area contributed by atoms with Crippen molar-refractivity contribution in [1.29, 1.82) is 0 Å². The Balaban J connectivity index is 1.44. The van der Waals surface area contributed by atoms with Crippen LogP contribution in [0.5, 0.6) is 0 Å². The number of carbonyl (C=O) groups excluding carboxylic acids is 4. The molecule has 26 heavy (non-hydrogen) atoms.